The van der Waals surface area contributed by atoms with Crippen LogP contribution in [0, 0.1) is 0 Å². The molecule has 1 aliphatic heterocycles. The number of hydrogen-bond donors (Lipinski definition) is 1. The third kappa shape index (κ3) is 3.48. The van der Waals surface area contributed by atoms with Gasteiger partial charge in [-0.15, -0.1) is 0 Å². The molecule has 0 unspecified atom stereocenters. The molecule has 1 heterocycles. The maximum absolute atomic E-state index is 13.0. The van der Waals surface area contributed by atoms with Crippen molar-refractivity contribution in [2.24, 2.45) is 0 Å². The number of benzene rings is 3. The van der Waals surface area contributed by atoms with Gasteiger partial charge in [0.15, 0.2) is 0 Å². The molecule has 0 aromatic heterocycles. The zero-order valence-corrected chi connectivity index (χ0v) is 16.7. The number of aliphatic hydroxyl groups is 1. The van der Waals surface area contributed by atoms with Crippen molar-refractivity contribution in [3.05, 3.63) is 89.5 Å². The lowest BCUT2D eigenvalue weighted by Crippen LogP contribution is -2.31. The van der Waals surface area contributed by atoms with Gasteiger partial charge < -0.3 is 14.7 Å². The number of carbonyl (C=O) groups excluding carboxylic acids is 2. The van der Waals surface area contributed by atoms with Gasteiger partial charge in [0.05, 0.1) is 11.6 Å². The van der Waals surface area contributed by atoms with Crippen LogP contribution in [0.3, 0.4) is 0 Å². The highest BCUT2D eigenvalue weighted by Crippen LogP contribution is 2.41. The van der Waals surface area contributed by atoms with Crippen LogP contribution in [0.15, 0.2) is 78.4 Å². The first-order valence-electron chi connectivity index (χ1n) is 9.94. The Morgan fingerprint density at radius 1 is 0.967 bits per heavy atom. The maximum atomic E-state index is 13.0. The Balaban J connectivity index is 1.92. The number of likely N-dealkylation sites (tertiary alicyclic amines) is 1. The van der Waals surface area contributed by atoms with Crippen molar-refractivity contribution in [1.29, 1.82) is 0 Å². The van der Waals surface area contributed by atoms with E-state index in [0.29, 0.717) is 25.1 Å². The lowest BCUT2D eigenvalue weighted by atomic mass is 9.91. The standard InChI is InChI=1S/C25H23NO4/c1-30-16-8-15-26-22(20-14-7-12-17-9-5-6-13-19(17)20)21(24(28)25(26)29)23(27)18-10-3-2-4-11-18/h2-7,9-14,22,27H,8,15-16H2,1H3/t22-/m0/s1. The minimum Gasteiger partial charge on any atom is -0.507 e. The fourth-order valence-corrected chi connectivity index (χ4v) is 4.05. The van der Waals surface area contributed by atoms with E-state index in [4.69, 9.17) is 4.74 Å². The largest absolute Gasteiger partial charge is 0.507 e. The van der Waals surface area contributed by atoms with Gasteiger partial charge in [0.2, 0.25) is 0 Å². The van der Waals surface area contributed by atoms with Crippen LogP contribution in [-0.2, 0) is 14.3 Å². The van der Waals surface area contributed by atoms with E-state index in [1.807, 2.05) is 48.5 Å². The van der Waals surface area contributed by atoms with Crippen LogP contribution < -0.4 is 0 Å². The average molecular weight is 401 g/mol. The van der Waals surface area contributed by atoms with E-state index in [1.165, 1.54) is 0 Å². The van der Waals surface area contributed by atoms with E-state index in [9.17, 15) is 14.7 Å². The highest BCUT2D eigenvalue weighted by molar-refractivity contribution is 6.46. The van der Waals surface area contributed by atoms with Crippen LogP contribution in [0.5, 0.6) is 0 Å². The molecule has 1 atom stereocenters. The number of nitrogens with zero attached hydrogens (tertiary/aromatic N) is 1. The second-order valence-corrected chi connectivity index (χ2v) is 7.27. The molecule has 0 radical (unpaired) electrons. The minimum atomic E-state index is -0.660. The summed E-state index contributed by atoms with van der Waals surface area (Å²) in [7, 11) is 1.60. The van der Waals surface area contributed by atoms with Crippen molar-refractivity contribution in [3.8, 4) is 0 Å². The van der Waals surface area contributed by atoms with Crippen molar-refractivity contribution < 1.29 is 19.4 Å². The number of fused-ring (bicyclic) bond motifs is 1. The molecule has 0 spiro atoms. The Labute approximate surface area is 175 Å². The van der Waals surface area contributed by atoms with Gasteiger partial charge in [-0.05, 0) is 22.8 Å². The number of ether oxygens (including phenoxy) is 1. The first-order chi connectivity index (χ1) is 14.6. The van der Waals surface area contributed by atoms with Crippen LogP contribution in [0.2, 0.25) is 0 Å². The Hall–Kier alpha value is -3.44. The van der Waals surface area contributed by atoms with Gasteiger partial charge in [-0.25, -0.2) is 0 Å². The van der Waals surface area contributed by atoms with Gasteiger partial charge >= 0.3 is 0 Å². The van der Waals surface area contributed by atoms with E-state index in [-0.39, 0.29) is 11.3 Å². The molecular formula is C25H23NO4. The molecule has 5 heteroatoms. The van der Waals surface area contributed by atoms with Crippen molar-refractivity contribution in [1.82, 2.24) is 4.90 Å². The predicted molar refractivity (Wildman–Crippen MR) is 116 cm³/mol. The molecule has 0 bridgehead atoms. The molecule has 1 aliphatic rings. The minimum absolute atomic E-state index is 0.125. The summed E-state index contributed by atoms with van der Waals surface area (Å²) < 4.78 is 5.13. The fraction of sp³-hybridized carbons (Fsp3) is 0.200. The SMILES string of the molecule is COCCCN1C(=O)C(=O)C(=C(O)c2ccccc2)[C@@H]1c1cccc2ccccc12. The fourth-order valence-electron chi connectivity index (χ4n) is 4.05. The molecule has 30 heavy (non-hydrogen) atoms. The zero-order valence-electron chi connectivity index (χ0n) is 16.7. The second-order valence-electron chi connectivity index (χ2n) is 7.27. The number of carbonyl (C=O) groups is 2. The van der Waals surface area contributed by atoms with Gasteiger partial charge in [0.25, 0.3) is 11.7 Å². The van der Waals surface area contributed by atoms with E-state index in [2.05, 4.69) is 0 Å². The summed E-state index contributed by atoms with van der Waals surface area (Å²) in [4.78, 5) is 27.6. The zero-order chi connectivity index (χ0) is 21.1. The van der Waals surface area contributed by atoms with Crippen molar-refractivity contribution >= 4 is 28.2 Å². The van der Waals surface area contributed by atoms with Crippen molar-refractivity contribution in [2.75, 3.05) is 20.3 Å². The van der Waals surface area contributed by atoms with Crippen LogP contribution >= 0.6 is 0 Å². The number of hydrogen-bond acceptors (Lipinski definition) is 4. The molecule has 1 amide bonds. The molecule has 1 fully saturated rings. The first-order valence-corrected chi connectivity index (χ1v) is 9.94. The van der Waals surface area contributed by atoms with E-state index >= 15 is 0 Å². The number of amides is 1. The van der Waals surface area contributed by atoms with Gasteiger partial charge in [0.1, 0.15) is 5.76 Å². The van der Waals surface area contributed by atoms with E-state index in [1.54, 1.807) is 36.3 Å². The lowest BCUT2D eigenvalue weighted by molar-refractivity contribution is -0.140. The van der Waals surface area contributed by atoms with Crippen LogP contribution in [0.25, 0.3) is 16.5 Å². The summed E-state index contributed by atoms with van der Waals surface area (Å²) in [5.74, 6) is -1.41. The summed E-state index contributed by atoms with van der Waals surface area (Å²) >= 11 is 0. The third-order valence-electron chi connectivity index (χ3n) is 5.45. The molecule has 0 aliphatic carbocycles. The summed E-state index contributed by atoms with van der Waals surface area (Å²) in [6, 6.07) is 21.9. The Bertz CT molecular complexity index is 1110. The van der Waals surface area contributed by atoms with Crippen LogP contribution in [0.4, 0.5) is 0 Å². The predicted octanol–water partition coefficient (Wildman–Crippen LogP) is 4.30. The van der Waals surface area contributed by atoms with Gasteiger partial charge in [-0.1, -0.05) is 72.8 Å². The monoisotopic (exact) mass is 401 g/mol. The average Bonchev–Trinajstić information content (AvgIpc) is 3.04. The van der Waals surface area contributed by atoms with Crippen LogP contribution in [-0.4, -0.2) is 42.0 Å². The molecule has 0 saturated carbocycles. The lowest BCUT2D eigenvalue weighted by Gasteiger charge is -2.26. The molecule has 4 rings (SSSR count). The van der Waals surface area contributed by atoms with E-state index < -0.39 is 17.7 Å². The molecule has 1 saturated heterocycles. The summed E-state index contributed by atoms with van der Waals surface area (Å²) in [5.41, 5.74) is 1.46. The smallest absolute Gasteiger partial charge is 0.295 e. The van der Waals surface area contributed by atoms with Gasteiger partial charge in [0, 0.05) is 25.8 Å². The molecule has 1 N–H and O–H groups in total. The molecule has 5 nitrogen and oxygen atoms in total. The third-order valence-corrected chi connectivity index (χ3v) is 5.45. The number of Topliss-reactive ketones (excluding diaryl/α,β-unsaturated/α-hetero) is 1. The number of rotatable bonds is 6. The summed E-state index contributed by atoms with van der Waals surface area (Å²) in [6.45, 7) is 0.835. The highest BCUT2D eigenvalue weighted by Gasteiger charge is 2.46. The summed E-state index contributed by atoms with van der Waals surface area (Å²) in [5, 5.41) is 13.0. The van der Waals surface area contributed by atoms with Crippen molar-refractivity contribution in [2.45, 2.75) is 12.5 Å². The van der Waals surface area contributed by atoms with Gasteiger partial charge in [-0.2, -0.15) is 0 Å². The van der Waals surface area contributed by atoms with Gasteiger partial charge in [-0.3, -0.25) is 9.59 Å². The Morgan fingerprint density at radius 3 is 2.43 bits per heavy atom. The van der Waals surface area contributed by atoms with Crippen molar-refractivity contribution in [3.63, 3.8) is 0 Å². The highest BCUT2D eigenvalue weighted by atomic mass is 16.5. The normalized spacial score (nSPS) is 18.3. The maximum Gasteiger partial charge on any atom is 0.295 e. The molecule has 3 aromatic rings. The number of ketones is 1. The molecule has 152 valence electrons. The Kier molecular flexibility index (Phi) is 5.63. The second kappa shape index (κ2) is 8.51. The first kappa shape index (κ1) is 19.9. The topological polar surface area (TPSA) is 66.8 Å². The Morgan fingerprint density at radius 2 is 1.67 bits per heavy atom. The van der Waals surface area contributed by atoms with E-state index in [0.717, 1.165) is 16.3 Å². The number of aliphatic hydroxyl groups excluding tert-OH is 1. The molecule has 3 aromatic carbocycles. The van der Waals surface area contributed by atoms with Crippen LogP contribution in [0.1, 0.15) is 23.6 Å². The summed E-state index contributed by atoms with van der Waals surface area (Å²) in [6.07, 6.45) is 0.593. The quantitative estimate of drug-likeness (QED) is 0.289. The number of methoxy groups -OCH3 is 1. The molecular weight excluding hydrogens is 378 g/mol.